The maximum atomic E-state index is 12.2. The lowest BCUT2D eigenvalue weighted by molar-refractivity contribution is -0.138. The number of fused-ring (bicyclic) bond motifs is 1. The van der Waals surface area contributed by atoms with E-state index < -0.39 is 5.97 Å². The molecule has 102 valence electrons. The molecule has 0 atom stereocenters. The fourth-order valence-corrected chi connectivity index (χ4v) is 2.28. The van der Waals surface area contributed by atoms with E-state index in [0.717, 1.165) is 24.3 Å². The summed E-state index contributed by atoms with van der Waals surface area (Å²) in [5, 5.41) is 8.67. The highest BCUT2D eigenvalue weighted by atomic mass is 16.4. The molecule has 1 aliphatic rings. The zero-order chi connectivity index (χ0) is 13.8. The van der Waals surface area contributed by atoms with Crippen molar-refractivity contribution in [2.45, 2.75) is 19.4 Å². The van der Waals surface area contributed by atoms with Gasteiger partial charge in [-0.2, -0.15) is 0 Å². The Hall–Kier alpha value is -1.88. The van der Waals surface area contributed by atoms with Crippen LogP contribution in [-0.2, 0) is 16.1 Å². The van der Waals surface area contributed by atoms with Gasteiger partial charge in [-0.3, -0.25) is 9.59 Å². The first-order valence-electron chi connectivity index (χ1n) is 6.36. The molecule has 5 heteroatoms. The molecule has 1 aromatic carbocycles. The maximum Gasteiger partial charge on any atom is 0.303 e. The van der Waals surface area contributed by atoms with Gasteiger partial charge in [0, 0.05) is 31.7 Å². The van der Waals surface area contributed by atoms with Gasteiger partial charge in [0.15, 0.2) is 0 Å². The van der Waals surface area contributed by atoms with Gasteiger partial charge in [0.05, 0.1) is 6.42 Å². The lowest BCUT2D eigenvalue weighted by Crippen LogP contribution is -2.35. The smallest absolute Gasteiger partial charge is 0.303 e. The minimum atomic E-state index is -0.937. The van der Waals surface area contributed by atoms with Gasteiger partial charge < -0.3 is 14.9 Å². The average molecular weight is 262 g/mol. The van der Waals surface area contributed by atoms with Crippen molar-refractivity contribution in [3.05, 3.63) is 29.8 Å². The number of carboxylic acids is 1. The zero-order valence-electron chi connectivity index (χ0n) is 11.0. The van der Waals surface area contributed by atoms with E-state index in [4.69, 9.17) is 5.11 Å². The Balaban J connectivity index is 2.20. The van der Waals surface area contributed by atoms with Crippen LogP contribution in [0.1, 0.15) is 18.4 Å². The maximum absolute atomic E-state index is 12.2. The number of benzene rings is 1. The van der Waals surface area contributed by atoms with Crippen molar-refractivity contribution in [2.75, 3.05) is 25.0 Å². The molecule has 0 saturated carbocycles. The minimum Gasteiger partial charge on any atom is -0.481 e. The molecule has 1 amide bonds. The Labute approximate surface area is 112 Å². The van der Waals surface area contributed by atoms with Crippen LogP contribution in [0.3, 0.4) is 0 Å². The molecule has 1 aliphatic heterocycles. The third-order valence-electron chi connectivity index (χ3n) is 3.28. The first-order valence-corrected chi connectivity index (χ1v) is 6.36. The van der Waals surface area contributed by atoms with Gasteiger partial charge in [0.25, 0.3) is 0 Å². The van der Waals surface area contributed by atoms with Gasteiger partial charge >= 0.3 is 5.97 Å². The standard InChI is InChI=1S/C14H18N2O3/c1-15-8-9-16(13(17)6-7-14(18)19)12-5-3-2-4-11(12)10-15/h2-5H,6-10H2,1H3,(H,18,19). The molecule has 0 spiro atoms. The van der Waals surface area contributed by atoms with E-state index >= 15 is 0 Å². The highest BCUT2D eigenvalue weighted by Gasteiger charge is 2.22. The van der Waals surface area contributed by atoms with Crippen LogP contribution < -0.4 is 4.90 Å². The fraction of sp³-hybridized carbons (Fsp3) is 0.429. The summed E-state index contributed by atoms with van der Waals surface area (Å²) in [4.78, 5) is 26.6. The number of para-hydroxylation sites is 1. The van der Waals surface area contributed by atoms with Crippen LogP contribution in [0.5, 0.6) is 0 Å². The molecule has 0 unspecified atom stereocenters. The number of likely N-dealkylation sites (N-methyl/N-ethyl adjacent to an activating group) is 1. The quantitative estimate of drug-likeness (QED) is 0.892. The first kappa shape index (κ1) is 13.5. The molecule has 1 heterocycles. The highest BCUT2D eigenvalue weighted by molar-refractivity contribution is 5.95. The number of carboxylic acid groups (broad SMARTS) is 1. The molecule has 1 aromatic rings. The van der Waals surface area contributed by atoms with Crippen molar-refractivity contribution in [2.24, 2.45) is 0 Å². The Morgan fingerprint density at radius 3 is 2.68 bits per heavy atom. The van der Waals surface area contributed by atoms with E-state index in [1.807, 2.05) is 31.3 Å². The molecular weight excluding hydrogens is 244 g/mol. The number of anilines is 1. The monoisotopic (exact) mass is 262 g/mol. The molecule has 0 aliphatic carbocycles. The largest absolute Gasteiger partial charge is 0.481 e. The van der Waals surface area contributed by atoms with Gasteiger partial charge in [-0.05, 0) is 18.7 Å². The summed E-state index contributed by atoms with van der Waals surface area (Å²) >= 11 is 0. The third-order valence-corrected chi connectivity index (χ3v) is 3.28. The summed E-state index contributed by atoms with van der Waals surface area (Å²) in [6.07, 6.45) is -0.0687. The van der Waals surface area contributed by atoms with Crippen LogP contribution in [0.25, 0.3) is 0 Å². The summed E-state index contributed by atoms with van der Waals surface area (Å²) < 4.78 is 0. The molecule has 1 N–H and O–H groups in total. The number of hydrogen-bond acceptors (Lipinski definition) is 3. The topological polar surface area (TPSA) is 60.9 Å². The molecule has 2 rings (SSSR count). The van der Waals surface area contributed by atoms with Crippen molar-refractivity contribution >= 4 is 17.6 Å². The number of carbonyl (C=O) groups excluding carboxylic acids is 1. The predicted octanol–water partition coefficient (Wildman–Crippen LogP) is 1.33. The van der Waals surface area contributed by atoms with Crippen molar-refractivity contribution in [1.29, 1.82) is 0 Å². The zero-order valence-corrected chi connectivity index (χ0v) is 11.0. The first-order chi connectivity index (χ1) is 9.08. The van der Waals surface area contributed by atoms with Gasteiger partial charge in [0.2, 0.25) is 5.91 Å². The van der Waals surface area contributed by atoms with Gasteiger partial charge in [0.1, 0.15) is 0 Å². The lowest BCUT2D eigenvalue weighted by Gasteiger charge is -2.22. The fourth-order valence-electron chi connectivity index (χ4n) is 2.28. The Bertz CT molecular complexity index is 487. The lowest BCUT2D eigenvalue weighted by atomic mass is 10.1. The SMILES string of the molecule is CN1CCN(C(=O)CCC(=O)O)c2ccccc2C1. The van der Waals surface area contributed by atoms with Gasteiger partial charge in [-0.25, -0.2) is 0 Å². The summed E-state index contributed by atoms with van der Waals surface area (Å²) in [5.74, 6) is -1.06. The number of carbonyl (C=O) groups is 2. The Kier molecular flexibility index (Phi) is 4.16. The van der Waals surface area contributed by atoms with Crippen molar-refractivity contribution < 1.29 is 14.7 Å². The van der Waals surface area contributed by atoms with E-state index in [1.165, 1.54) is 0 Å². The number of rotatable bonds is 3. The number of amides is 1. The Morgan fingerprint density at radius 1 is 1.21 bits per heavy atom. The molecule has 5 nitrogen and oxygen atoms in total. The number of aliphatic carboxylic acids is 1. The molecule has 0 saturated heterocycles. The number of hydrogen-bond donors (Lipinski definition) is 1. The number of nitrogens with zero attached hydrogens (tertiary/aromatic N) is 2. The summed E-state index contributed by atoms with van der Waals surface area (Å²) in [6.45, 7) is 2.19. The predicted molar refractivity (Wildman–Crippen MR) is 72.0 cm³/mol. The summed E-state index contributed by atoms with van der Waals surface area (Å²) in [6, 6.07) is 7.79. The van der Waals surface area contributed by atoms with Crippen molar-refractivity contribution in [3.63, 3.8) is 0 Å². The van der Waals surface area contributed by atoms with Crippen LogP contribution in [-0.4, -0.2) is 42.0 Å². The summed E-state index contributed by atoms with van der Waals surface area (Å²) in [7, 11) is 2.02. The van der Waals surface area contributed by atoms with Gasteiger partial charge in [-0.15, -0.1) is 0 Å². The molecule has 19 heavy (non-hydrogen) atoms. The average Bonchev–Trinajstić information content (AvgIpc) is 2.54. The van der Waals surface area contributed by atoms with E-state index in [-0.39, 0.29) is 18.7 Å². The van der Waals surface area contributed by atoms with Crippen molar-refractivity contribution in [3.8, 4) is 0 Å². The van der Waals surface area contributed by atoms with E-state index in [9.17, 15) is 9.59 Å². The molecule has 0 bridgehead atoms. The molecule has 0 aromatic heterocycles. The second kappa shape index (κ2) is 5.84. The highest BCUT2D eigenvalue weighted by Crippen LogP contribution is 2.25. The van der Waals surface area contributed by atoms with Gasteiger partial charge in [-0.1, -0.05) is 18.2 Å². The summed E-state index contributed by atoms with van der Waals surface area (Å²) in [5.41, 5.74) is 2.01. The van der Waals surface area contributed by atoms with E-state index in [2.05, 4.69) is 4.90 Å². The van der Waals surface area contributed by atoms with Crippen LogP contribution in [0.2, 0.25) is 0 Å². The Morgan fingerprint density at radius 2 is 1.95 bits per heavy atom. The van der Waals surface area contributed by atoms with Crippen LogP contribution in [0.15, 0.2) is 24.3 Å². The van der Waals surface area contributed by atoms with Crippen molar-refractivity contribution in [1.82, 2.24) is 4.90 Å². The normalized spacial score (nSPS) is 15.7. The molecule has 0 fully saturated rings. The molecular formula is C14H18N2O3. The second-order valence-corrected chi connectivity index (χ2v) is 4.81. The van der Waals surface area contributed by atoms with Crippen LogP contribution >= 0.6 is 0 Å². The van der Waals surface area contributed by atoms with Crippen LogP contribution in [0.4, 0.5) is 5.69 Å². The second-order valence-electron chi connectivity index (χ2n) is 4.81. The van der Waals surface area contributed by atoms with E-state index in [1.54, 1.807) is 4.90 Å². The van der Waals surface area contributed by atoms with E-state index in [0.29, 0.717) is 6.54 Å². The minimum absolute atomic E-state index is 0.0490. The third kappa shape index (κ3) is 3.32. The van der Waals surface area contributed by atoms with Crippen LogP contribution in [0, 0.1) is 0 Å². The molecule has 0 radical (unpaired) electrons.